The van der Waals surface area contributed by atoms with Gasteiger partial charge >= 0.3 is 0 Å². The van der Waals surface area contributed by atoms with Gasteiger partial charge in [0, 0.05) is 19.6 Å². The van der Waals surface area contributed by atoms with Crippen LogP contribution >= 0.6 is 0 Å². The minimum absolute atomic E-state index is 0.168. The van der Waals surface area contributed by atoms with Crippen molar-refractivity contribution in [3.05, 3.63) is 0 Å². The molecule has 1 N–H and O–H groups in total. The van der Waals surface area contributed by atoms with Crippen LogP contribution in [0, 0.1) is 0 Å². The number of ether oxygens (including phenoxy) is 1. The highest BCUT2D eigenvalue weighted by Gasteiger charge is 2.32. The Morgan fingerprint density at radius 2 is 2.29 bits per heavy atom. The Morgan fingerprint density at radius 3 is 3.00 bits per heavy atom. The highest BCUT2D eigenvalue weighted by atomic mass is 16.5. The van der Waals surface area contributed by atoms with Crippen LogP contribution in [0.5, 0.6) is 0 Å². The molecule has 5 nitrogen and oxygen atoms in total. The van der Waals surface area contributed by atoms with Crippen LogP contribution in [-0.2, 0) is 9.53 Å². The number of likely N-dealkylation sites (N-methyl/N-ethyl adjacent to an activating group) is 1. The molecule has 2 rings (SSSR count). The minimum Gasteiger partial charge on any atom is -0.374 e. The molecule has 0 saturated carbocycles. The van der Waals surface area contributed by atoms with Gasteiger partial charge in [-0.1, -0.05) is 13.8 Å². The minimum atomic E-state index is 0.168. The normalized spacial score (nSPS) is 31.2. The zero-order valence-corrected chi connectivity index (χ0v) is 10.8. The second-order valence-corrected chi connectivity index (χ2v) is 4.74. The van der Waals surface area contributed by atoms with Crippen molar-refractivity contribution >= 4 is 5.91 Å². The average molecular weight is 241 g/mol. The summed E-state index contributed by atoms with van der Waals surface area (Å²) < 4.78 is 5.75. The highest BCUT2D eigenvalue weighted by Crippen LogP contribution is 2.13. The molecule has 17 heavy (non-hydrogen) atoms. The van der Waals surface area contributed by atoms with E-state index in [0.29, 0.717) is 6.54 Å². The lowest BCUT2D eigenvalue weighted by atomic mass is 10.2. The SMILES string of the molecule is CCC1NCC(=O)N1CC1CN(CC)CCO1. The van der Waals surface area contributed by atoms with E-state index in [-0.39, 0.29) is 18.2 Å². The molecule has 0 aromatic heterocycles. The van der Waals surface area contributed by atoms with Crippen LogP contribution in [-0.4, -0.2) is 67.3 Å². The largest absolute Gasteiger partial charge is 0.374 e. The van der Waals surface area contributed by atoms with E-state index in [0.717, 1.165) is 39.2 Å². The molecule has 0 aliphatic carbocycles. The maximum Gasteiger partial charge on any atom is 0.237 e. The summed E-state index contributed by atoms with van der Waals surface area (Å²) in [5.74, 6) is 0.203. The van der Waals surface area contributed by atoms with Crippen molar-refractivity contribution in [2.45, 2.75) is 32.5 Å². The number of hydrogen-bond donors (Lipinski definition) is 1. The van der Waals surface area contributed by atoms with Gasteiger partial charge in [0.25, 0.3) is 0 Å². The van der Waals surface area contributed by atoms with Gasteiger partial charge in [-0.2, -0.15) is 0 Å². The summed E-state index contributed by atoms with van der Waals surface area (Å²) in [6.45, 7) is 9.26. The zero-order chi connectivity index (χ0) is 12.3. The number of nitrogens with zero attached hydrogens (tertiary/aromatic N) is 2. The summed E-state index contributed by atoms with van der Waals surface area (Å²) >= 11 is 0. The Bertz CT molecular complexity index is 272. The third-order valence-electron chi connectivity index (χ3n) is 3.64. The maximum atomic E-state index is 11.8. The van der Waals surface area contributed by atoms with E-state index < -0.39 is 0 Å². The average Bonchev–Trinajstić information content (AvgIpc) is 2.71. The van der Waals surface area contributed by atoms with Crippen molar-refractivity contribution in [3.63, 3.8) is 0 Å². The first kappa shape index (κ1) is 12.8. The lowest BCUT2D eigenvalue weighted by Crippen LogP contribution is -2.50. The first-order valence-electron chi connectivity index (χ1n) is 6.61. The Labute approximate surface area is 103 Å². The molecule has 2 fully saturated rings. The van der Waals surface area contributed by atoms with Gasteiger partial charge in [0.05, 0.1) is 25.4 Å². The van der Waals surface area contributed by atoms with Crippen molar-refractivity contribution in [1.29, 1.82) is 0 Å². The van der Waals surface area contributed by atoms with Gasteiger partial charge < -0.3 is 9.64 Å². The van der Waals surface area contributed by atoms with Gasteiger partial charge in [-0.3, -0.25) is 15.0 Å². The Kier molecular flexibility index (Phi) is 4.36. The highest BCUT2D eigenvalue weighted by molar-refractivity contribution is 5.80. The Hall–Kier alpha value is -0.650. The molecule has 98 valence electrons. The van der Waals surface area contributed by atoms with Crippen molar-refractivity contribution in [2.75, 3.05) is 39.3 Å². The van der Waals surface area contributed by atoms with Crippen LogP contribution in [0.1, 0.15) is 20.3 Å². The van der Waals surface area contributed by atoms with Crippen LogP contribution in [0.2, 0.25) is 0 Å². The second kappa shape index (κ2) is 5.80. The predicted molar refractivity (Wildman–Crippen MR) is 65.6 cm³/mol. The van der Waals surface area contributed by atoms with Crippen LogP contribution in [0.15, 0.2) is 0 Å². The number of carbonyl (C=O) groups excluding carboxylic acids is 1. The second-order valence-electron chi connectivity index (χ2n) is 4.74. The van der Waals surface area contributed by atoms with E-state index in [1.807, 2.05) is 4.90 Å². The Balaban J connectivity index is 1.88. The van der Waals surface area contributed by atoms with Crippen molar-refractivity contribution < 1.29 is 9.53 Å². The maximum absolute atomic E-state index is 11.8. The summed E-state index contributed by atoms with van der Waals surface area (Å²) in [6.07, 6.45) is 1.32. The molecule has 0 spiro atoms. The molecule has 2 aliphatic rings. The smallest absolute Gasteiger partial charge is 0.237 e. The van der Waals surface area contributed by atoms with Crippen LogP contribution in [0.4, 0.5) is 0 Å². The summed E-state index contributed by atoms with van der Waals surface area (Å²) in [6, 6.07) is 0. The van der Waals surface area contributed by atoms with Gasteiger partial charge in [-0.15, -0.1) is 0 Å². The van der Waals surface area contributed by atoms with Gasteiger partial charge in [-0.05, 0) is 13.0 Å². The molecular weight excluding hydrogens is 218 g/mol. The van der Waals surface area contributed by atoms with E-state index in [2.05, 4.69) is 24.1 Å². The molecular formula is C12H23N3O2. The van der Waals surface area contributed by atoms with Crippen molar-refractivity contribution in [1.82, 2.24) is 15.1 Å². The number of hydrogen-bond acceptors (Lipinski definition) is 4. The third-order valence-corrected chi connectivity index (χ3v) is 3.64. The van der Waals surface area contributed by atoms with Gasteiger partial charge in [0.2, 0.25) is 5.91 Å². The standard InChI is InChI=1S/C12H23N3O2/c1-3-11-13-7-12(16)15(11)9-10-8-14(4-2)5-6-17-10/h10-11,13H,3-9H2,1-2H3. The van der Waals surface area contributed by atoms with Crippen LogP contribution in [0.25, 0.3) is 0 Å². The molecule has 0 radical (unpaired) electrons. The Morgan fingerprint density at radius 1 is 1.47 bits per heavy atom. The molecule has 2 atom stereocenters. The fourth-order valence-electron chi connectivity index (χ4n) is 2.58. The van der Waals surface area contributed by atoms with E-state index in [1.165, 1.54) is 0 Å². The predicted octanol–water partition coefficient (Wildman–Crippen LogP) is -0.125. The van der Waals surface area contributed by atoms with E-state index in [1.54, 1.807) is 0 Å². The first-order valence-corrected chi connectivity index (χ1v) is 6.61. The summed E-state index contributed by atoms with van der Waals surface area (Å²) in [4.78, 5) is 16.1. The third kappa shape index (κ3) is 2.97. The monoisotopic (exact) mass is 241 g/mol. The molecule has 0 aromatic carbocycles. The van der Waals surface area contributed by atoms with Crippen molar-refractivity contribution in [3.8, 4) is 0 Å². The number of rotatable bonds is 4. The zero-order valence-electron chi connectivity index (χ0n) is 10.8. The summed E-state index contributed by atoms with van der Waals surface area (Å²) in [5.41, 5.74) is 0. The number of amides is 1. The van der Waals surface area contributed by atoms with Crippen LogP contribution in [0.3, 0.4) is 0 Å². The number of carbonyl (C=O) groups is 1. The quantitative estimate of drug-likeness (QED) is 0.745. The molecule has 0 bridgehead atoms. The fraction of sp³-hybridized carbons (Fsp3) is 0.917. The topological polar surface area (TPSA) is 44.8 Å². The lowest BCUT2D eigenvalue weighted by molar-refractivity contribution is -0.131. The summed E-state index contributed by atoms with van der Waals surface area (Å²) in [5, 5.41) is 3.23. The molecule has 1 amide bonds. The van der Waals surface area contributed by atoms with Gasteiger partial charge in [0.1, 0.15) is 0 Å². The van der Waals surface area contributed by atoms with E-state index in [9.17, 15) is 4.79 Å². The van der Waals surface area contributed by atoms with Crippen molar-refractivity contribution in [2.24, 2.45) is 0 Å². The van der Waals surface area contributed by atoms with E-state index in [4.69, 9.17) is 4.74 Å². The molecule has 2 saturated heterocycles. The molecule has 2 aliphatic heterocycles. The molecule has 0 aromatic rings. The number of morpholine rings is 1. The van der Waals surface area contributed by atoms with Gasteiger partial charge in [-0.25, -0.2) is 0 Å². The van der Waals surface area contributed by atoms with Gasteiger partial charge in [0.15, 0.2) is 0 Å². The first-order chi connectivity index (χ1) is 8.24. The molecule has 5 heteroatoms. The summed E-state index contributed by atoms with van der Waals surface area (Å²) in [7, 11) is 0. The van der Waals surface area contributed by atoms with Crippen LogP contribution < -0.4 is 5.32 Å². The molecule has 2 unspecified atom stereocenters. The fourth-order valence-corrected chi connectivity index (χ4v) is 2.58. The number of nitrogens with one attached hydrogen (secondary N) is 1. The van der Waals surface area contributed by atoms with E-state index >= 15 is 0 Å². The lowest BCUT2D eigenvalue weighted by Gasteiger charge is -2.35. The molecule has 2 heterocycles.